The number of hydrogen-bond donors (Lipinski definition) is 2. The van der Waals surface area contributed by atoms with E-state index in [-0.39, 0.29) is 19.0 Å². The third-order valence-electron chi connectivity index (χ3n) is 3.90. The molecule has 0 saturated carbocycles. The van der Waals surface area contributed by atoms with Crippen LogP contribution in [0.2, 0.25) is 5.02 Å². The Kier molecular flexibility index (Phi) is 5.81. The van der Waals surface area contributed by atoms with Gasteiger partial charge in [-0.15, -0.1) is 0 Å². The highest BCUT2D eigenvalue weighted by Gasteiger charge is 2.23. The SMILES string of the molecule is OCc1cccc(CNCc2c(F)ccc(C3OCCO3)c2Cl)c1. The van der Waals surface area contributed by atoms with Crippen molar-refractivity contribution < 1.29 is 19.0 Å². The Labute approximate surface area is 145 Å². The molecular formula is C18H19ClFNO3. The maximum absolute atomic E-state index is 14.1. The Hall–Kier alpha value is -1.50. The van der Waals surface area contributed by atoms with Crippen LogP contribution >= 0.6 is 11.6 Å². The van der Waals surface area contributed by atoms with Crippen LogP contribution in [0.1, 0.15) is 28.5 Å². The van der Waals surface area contributed by atoms with Crippen molar-refractivity contribution in [2.45, 2.75) is 26.0 Å². The summed E-state index contributed by atoms with van der Waals surface area (Å²) in [5.74, 6) is -0.363. The van der Waals surface area contributed by atoms with Crippen LogP contribution in [0.4, 0.5) is 4.39 Å². The van der Waals surface area contributed by atoms with Gasteiger partial charge >= 0.3 is 0 Å². The lowest BCUT2D eigenvalue weighted by molar-refractivity contribution is -0.0441. The maximum atomic E-state index is 14.1. The summed E-state index contributed by atoms with van der Waals surface area (Å²) in [7, 11) is 0. The van der Waals surface area contributed by atoms with Gasteiger partial charge in [-0.1, -0.05) is 35.9 Å². The molecule has 0 radical (unpaired) electrons. The van der Waals surface area contributed by atoms with Gasteiger partial charge in [0.15, 0.2) is 6.29 Å². The molecule has 3 rings (SSSR count). The smallest absolute Gasteiger partial charge is 0.185 e. The van der Waals surface area contributed by atoms with Crippen molar-refractivity contribution in [2.24, 2.45) is 0 Å². The highest BCUT2D eigenvalue weighted by molar-refractivity contribution is 6.32. The average Bonchev–Trinajstić information content (AvgIpc) is 3.12. The van der Waals surface area contributed by atoms with E-state index in [9.17, 15) is 4.39 Å². The van der Waals surface area contributed by atoms with Crippen molar-refractivity contribution in [2.75, 3.05) is 13.2 Å². The van der Waals surface area contributed by atoms with E-state index in [0.717, 1.165) is 11.1 Å². The van der Waals surface area contributed by atoms with Gasteiger partial charge < -0.3 is 19.9 Å². The van der Waals surface area contributed by atoms with Crippen molar-refractivity contribution >= 4 is 11.6 Å². The minimum Gasteiger partial charge on any atom is -0.392 e. The number of nitrogens with one attached hydrogen (secondary N) is 1. The molecule has 0 aromatic heterocycles. The molecule has 1 saturated heterocycles. The summed E-state index contributed by atoms with van der Waals surface area (Å²) in [6, 6.07) is 10.6. The number of halogens is 2. The number of aliphatic hydroxyl groups is 1. The second-order valence-electron chi connectivity index (χ2n) is 5.58. The van der Waals surface area contributed by atoms with Gasteiger partial charge in [0.05, 0.1) is 24.8 Å². The number of rotatable bonds is 6. The lowest BCUT2D eigenvalue weighted by atomic mass is 10.1. The van der Waals surface area contributed by atoms with Crippen LogP contribution in [0, 0.1) is 5.82 Å². The highest BCUT2D eigenvalue weighted by atomic mass is 35.5. The van der Waals surface area contributed by atoms with E-state index in [4.69, 9.17) is 26.2 Å². The van der Waals surface area contributed by atoms with Gasteiger partial charge in [0.1, 0.15) is 5.82 Å². The molecule has 2 aromatic rings. The fraction of sp³-hybridized carbons (Fsp3) is 0.333. The van der Waals surface area contributed by atoms with E-state index >= 15 is 0 Å². The third-order valence-corrected chi connectivity index (χ3v) is 4.34. The molecule has 0 aliphatic carbocycles. The molecule has 0 unspecified atom stereocenters. The van der Waals surface area contributed by atoms with Gasteiger partial charge in [-0.2, -0.15) is 0 Å². The van der Waals surface area contributed by atoms with Crippen LogP contribution < -0.4 is 5.32 Å². The molecule has 0 spiro atoms. The van der Waals surface area contributed by atoms with Crippen LogP contribution in [0.3, 0.4) is 0 Å². The van der Waals surface area contributed by atoms with E-state index in [0.29, 0.717) is 35.9 Å². The van der Waals surface area contributed by atoms with Crippen molar-refractivity contribution in [1.29, 1.82) is 0 Å². The second kappa shape index (κ2) is 8.05. The summed E-state index contributed by atoms with van der Waals surface area (Å²) in [5, 5.41) is 12.7. The van der Waals surface area contributed by atoms with Gasteiger partial charge in [0.25, 0.3) is 0 Å². The summed E-state index contributed by atoms with van der Waals surface area (Å²) in [6.45, 7) is 1.84. The minimum atomic E-state index is -0.530. The van der Waals surface area contributed by atoms with Crippen molar-refractivity contribution in [3.63, 3.8) is 0 Å². The summed E-state index contributed by atoms with van der Waals surface area (Å²) >= 11 is 6.35. The molecule has 128 valence electrons. The molecule has 4 nitrogen and oxygen atoms in total. The zero-order valence-electron chi connectivity index (χ0n) is 13.1. The van der Waals surface area contributed by atoms with E-state index in [1.54, 1.807) is 6.07 Å². The standard InChI is InChI=1S/C18H19ClFNO3/c19-17-14(18-23-6-7-24-18)4-5-16(20)15(17)10-21-9-12-2-1-3-13(8-12)11-22/h1-5,8,18,21-22H,6-7,9-11H2. The number of hydrogen-bond acceptors (Lipinski definition) is 4. The van der Waals surface area contributed by atoms with Crippen LogP contribution in [-0.2, 0) is 29.2 Å². The van der Waals surface area contributed by atoms with Gasteiger partial charge in [-0.25, -0.2) is 4.39 Å². The molecule has 24 heavy (non-hydrogen) atoms. The van der Waals surface area contributed by atoms with Crippen LogP contribution in [0.15, 0.2) is 36.4 Å². The predicted molar refractivity (Wildman–Crippen MR) is 89.0 cm³/mol. The zero-order valence-corrected chi connectivity index (χ0v) is 13.9. The molecule has 2 aromatic carbocycles. The molecular weight excluding hydrogens is 333 g/mol. The lowest BCUT2D eigenvalue weighted by Gasteiger charge is -2.15. The van der Waals surface area contributed by atoms with Crippen LogP contribution in [-0.4, -0.2) is 18.3 Å². The molecule has 1 aliphatic heterocycles. The summed E-state index contributed by atoms with van der Waals surface area (Å²) < 4.78 is 25.0. The van der Waals surface area contributed by atoms with E-state index in [2.05, 4.69) is 5.32 Å². The average molecular weight is 352 g/mol. The zero-order chi connectivity index (χ0) is 16.9. The van der Waals surface area contributed by atoms with Gasteiger partial charge in [0.2, 0.25) is 0 Å². The Morgan fingerprint density at radius 2 is 1.88 bits per heavy atom. The van der Waals surface area contributed by atoms with Crippen LogP contribution in [0.25, 0.3) is 0 Å². The minimum absolute atomic E-state index is 0.00225. The fourth-order valence-electron chi connectivity index (χ4n) is 2.67. The Morgan fingerprint density at radius 3 is 2.62 bits per heavy atom. The summed E-state index contributed by atoms with van der Waals surface area (Å²) in [4.78, 5) is 0. The summed E-state index contributed by atoms with van der Waals surface area (Å²) in [5.41, 5.74) is 2.90. The first kappa shape index (κ1) is 17.3. The predicted octanol–water partition coefficient (Wildman–Crippen LogP) is 3.31. The van der Waals surface area contributed by atoms with Crippen LogP contribution in [0.5, 0.6) is 0 Å². The Bertz CT molecular complexity index is 705. The number of ether oxygens (including phenoxy) is 2. The fourth-order valence-corrected chi connectivity index (χ4v) is 2.98. The van der Waals surface area contributed by atoms with Crippen molar-refractivity contribution in [3.05, 3.63) is 69.5 Å². The second-order valence-corrected chi connectivity index (χ2v) is 5.96. The normalized spacial score (nSPS) is 15.1. The molecule has 6 heteroatoms. The van der Waals surface area contributed by atoms with Crippen molar-refractivity contribution in [3.8, 4) is 0 Å². The Morgan fingerprint density at radius 1 is 1.12 bits per heavy atom. The van der Waals surface area contributed by atoms with E-state index in [1.807, 2.05) is 24.3 Å². The highest BCUT2D eigenvalue weighted by Crippen LogP contribution is 2.33. The molecule has 1 fully saturated rings. The van der Waals surface area contributed by atoms with Crippen molar-refractivity contribution in [1.82, 2.24) is 5.32 Å². The molecule has 1 heterocycles. The number of aliphatic hydroxyl groups excluding tert-OH is 1. The quantitative estimate of drug-likeness (QED) is 0.838. The molecule has 0 atom stereocenters. The summed E-state index contributed by atoms with van der Waals surface area (Å²) in [6.07, 6.45) is -0.530. The molecule has 0 bridgehead atoms. The Balaban J connectivity index is 1.69. The monoisotopic (exact) mass is 351 g/mol. The topological polar surface area (TPSA) is 50.7 Å². The van der Waals surface area contributed by atoms with Gasteiger partial charge in [-0.3, -0.25) is 0 Å². The first-order valence-corrected chi connectivity index (χ1v) is 8.16. The molecule has 2 N–H and O–H groups in total. The van der Waals surface area contributed by atoms with Gasteiger partial charge in [0, 0.05) is 24.2 Å². The number of benzene rings is 2. The lowest BCUT2D eigenvalue weighted by Crippen LogP contribution is -2.15. The van der Waals surface area contributed by atoms with E-state index in [1.165, 1.54) is 6.07 Å². The first-order chi connectivity index (χ1) is 11.7. The van der Waals surface area contributed by atoms with Gasteiger partial charge in [-0.05, 0) is 23.3 Å². The largest absolute Gasteiger partial charge is 0.392 e. The van der Waals surface area contributed by atoms with E-state index < -0.39 is 6.29 Å². The first-order valence-electron chi connectivity index (χ1n) is 7.78. The molecule has 0 amide bonds. The molecule has 1 aliphatic rings. The maximum Gasteiger partial charge on any atom is 0.185 e. The third kappa shape index (κ3) is 3.94.